The van der Waals surface area contributed by atoms with E-state index in [4.69, 9.17) is 9.40 Å². The number of para-hydroxylation sites is 2. The maximum atomic E-state index is 5.99. The molecule has 2 aromatic heterocycles. The average molecular weight is 320 g/mol. The van der Waals surface area contributed by atoms with E-state index in [0.717, 1.165) is 48.7 Å². The predicted molar refractivity (Wildman–Crippen MR) is 92.2 cm³/mol. The molecule has 1 saturated heterocycles. The number of anilines is 1. The van der Waals surface area contributed by atoms with Gasteiger partial charge in [-0.05, 0) is 37.8 Å². The fourth-order valence-electron chi connectivity index (χ4n) is 3.59. The highest BCUT2D eigenvalue weighted by atomic mass is 16.3. The van der Waals surface area contributed by atoms with Crippen molar-refractivity contribution in [2.45, 2.75) is 37.5 Å². The fourth-order valence-corrected chi connectivity index (χ4v) is 3.59. The van der Waals surface area contributed by atoms with Gasteiger partial charge < -0.3 is 9.32 Å². The average Bonchev–Trinajstić information content (AvgIpc) is 3.40. The van der Waals surface area contributed by atoms with Gasteiger partial charge in [-0.2, -0.15) is 0 Å². The Morgan fingerprint density at radius 3 is 2.83 bits per heavy atom. The van der Waals surface area contributed by atoms with E-state index in [1.54, 1.807) is 6.33 Å². The van der Waals surface area contributed by atoms with E-state index in [1.165, 1.54) is 18.5 Å². The van der Waals surface area contributed by atoms with Crippen molar-refractivity contribution in [3.63, 3.8) is 0 Å². The minimum atomic E-state index is 0.325. The molecule has 1 aliphatic heterocycles. The minimum Gasteiger partial charge on any atom is -0.440 e. The highest BCUT2D eigenvalue weighted by Gasteiger charge is 2.29. The van der Waals surface area contributed by atoms with Gasteiger partial charge in [0.2, 0.25) is 0 Å². The minimum absolute atomic E-state index is 0.325. The highest BCUT2D eigenvalue weighted by molar-refractivity contribution is 5.72. The van der Waals surface area contributed by atoms with E-state index in [0.29, 0.717) is 11.8 Å². The molecule has 2 aliphatic rings. The van der Waals surface area contributed by atoms with Gasteiger partial charge in [-0.25, -0.2) is 15.0 Å². The molecule has 0 radical (unpaired) electrons. The number of benzene rings is 1. The number of oxazole rings is 1. The maximum Gasteiger partial charge on any atom is 0.200 e. The van der Waals surface area contributed by atoms with Crippen LogP contribution in [0.4, 0.5) is 5.82 Å². The van der Waals surface area contributed by atoms with Crippen molar-refractivity contribution in [1.82, 2.24) is 15.0 Å². The van der Waals surface area contributed by atoms with Crippen LogP contribution in [0.15, 0.2) is 41.1 Å². The number of hydrogen-bond donors (Lipinski definition) is 0. The van der Waals surface area contributed by atoms with Crippen molar-refractivity contribution in [3.05, 3.63) is 48.2 Å². The number of rotatable bonds is 3. The lowest BCUT2D eigenvalue weighted by molar-refractivity contribution is 0.412. The molecule has 1 atom stereocenters. The van der Waals surface area contributed by atoms with Crippen molar-refractivity contribution in [2.75, 3.05) is 18.0 Å². The van der Waals surface area contributed by atoms with Crippen LogP contribution in [0.25, 0.3) is 11.1 Å². The topological polar surface area (TPSA) is 55.1 Å². The summed E-state index contributed by atoms with van der Waals surface area (Å²) in [5.41, 5.74) is 3.02. The van der Waals surface area contributed by atoms with Gasteiger partial charge in [0.1, 0.15) is 17.7 Å². The van der Waals surface area contributed by atoms with Crippen LogP contribution < -0.4 is 4.90 Å². The molecule has 5 nitrogen and oxygen atoms in total. The summed E-state index contributed by atoms with van der Waals surface area (Å²) in [4.78, 5) is 16.0. The van der Waals surface area contributed by atoms with Crippen LogP contribution in [0.1, 0.15) is 49.1 Å². The molecule has 1 saturated carbocycles. The van der Waals surface area contributed by atoms with Crippen LogP contribution in [-0.4, -0.2) is 28.0 Å². The monoisotopic (exact) mass is 320 g/mol. The molecule has 1 aliphatic carbocycles. The van der Waals surface area contributed by atoms with Gasteiger partial charge in [-0.3, -0.25) is 0 Å². The van der Waals surface area contributed by atoms with E-state index in [2.05, 4.69) is 20.9 Å². The van der Waals surface area contributed by atoms with E-state index in [1.807, 2.05) is 24.3 Å². The first kappa shape index (κ1) is 14.0. The molecule has 0 N–H and O–H groups in total. The summed E-state index contributed by atoms with van der Waals surface area (Å²) in [7, 11) is 0. The Balaban J connectivity index is 1.40. The Morgan fingerprint density at radius 2 is 1.96 bits per heavy atom. The van der Waals surface area contributed by atoms with Gasteiger partial charge in [-0.15, -0.1) is 0 Å². The van der Waals surface area contributed by atoms with Crippen LogP contribution >= 0.6 is 0 Å². The number of fused-ring (bicyclic) bond motifs is 1. The van der Waals surface area contributed by atoms with Crippen LogP contribution in [0.5, 0.6) is 0 Å². The van der Waals surface area contributed by atoms with Crippen LogP contribution in [0.2, 0.25) is 0 Å². The Hall–Kier alpha value is -2.43. The zero-order chi connectivity index (χ0) is 15.9. The normalized spacial score (nSPS) is 21.3. The van der Waals surface area contributed by atoms with Crippen molar-refractivity contribution < 1.29 is 4.42 Å². The smallest absolute Gasteiger partial charge is 0.200 e. The summed E-state index contributed by atoms with van der Waals surface area (Å²) in [6.45, 7) is 1.95. The fraction of sp³-hybridized carbons (Fsp3) is 0.421. The van der Waals surface area contributed by atoms with E-state index in [9.17, 15) is 0 Å². The second kappa shape index (κ2) is 5.58. The summed E-state index contributed by atoms with van der Waals surface area (Å²) in [5, 5.41) is 0. The zero-order valence-corrected chi connectivity index (χ0v) is 13.6. The lowest BCUT2D eigenvalue weighted by Gasteiger charge is -2.32. The molecule has 122 valence electrons. The molecule has 0 amide bonds. The molecule has 2 fully saturated rings. The lowest BCUT2D eigenvalue weighted by Crippen LogP contribution is -2.35. The molecule has 3 aromatic rings. The van der Waals surface area contributed by atoms with Crippen molar-refractivity contribution >= 4 is 16.9 Å². The first-order valence-corrected chi connectivity index (χ1v) is 8.79. The van der Waals surface area contributed by atoms with Crippen molar-refractivity contribution in [1.29, 1.82) is 0 Å². The van der Waals surface area contributed by atoms with Crippen molar-refractivity contribution in [2.24, 2.45) is 0 Å². The molecule has 5 rings (SSSR count). The Kier molecular flexibility index (Phi) is 3.25. The number of hydrogen-bond acceptors (Lipinski definition) is 5. The predicted octanol–water partition coefficient (Wildman–Crippen LogP) is 3.88. The SMILES string of the molecule is c1ccc2oc(C3CCCN(c4cc(C5CC5)ncn4)C3)nc2c1. The van der Waals surface area contributed by atoms with Gasteiger partial charge in [0.05, 0.1) is 5.92 Å². The number of aromatic nitrogens is 3. The van der Waals surface area contributed by atoms with E-state index >= 15 is 0 Å². The summed E-state index contributed by atoms with van der Waals surface area (Å²) >= 11 is 0. The van der Waals surface area contributed by atoms with Crippen molar-refractivity contribution in [3.8, 4) is 0 Å². The molecule has 5 heteroatoms. The molecule has 3 heterocycles. The van der Waals surface area contributed by atoms with Gasteiger partial charge >= 0.3 is 0 Å². The Morgan fingerprint density at radius 1 is 1.04 bits per heavy atom. The van der Waals surface area contributed by atoms with Crippen LogP contribution in [0, 0.1) is 0 Å². The Bertz CT molecular complexity index is 837. The molecule has 1 aromatic carbocycles. The lowest BCUT2D eigenvalue weighted by atomic mass is 9.98. The molecule has 0 bridgehead atoms. The Labute approximate surface area is 140 Å². The van der Waals surface area contributed by atoms with Crippen LogP contribution in [0.3, 0.4) is 0 Å². The van der Waals surface area contributed by atoms with Gasteiger partial charge in [0.25, 0.3) is 0 Å². The number of nitrogens with zero attached hydrogens (tertiary/aromatic N) is 4. The number of piperidine rings is 1. The van der Waals surface area contributed by atoms with E-state index in [-0.39, 0.29) is 0 Å². The first-order valence-electron chi connectivity index (χ1n) is 8.79. The molecule has 0 spiro atoms. The van der Waals surface area contributed by atoms with Gasteiger partial charge in [0.15, 0.2) is 11.5 Å². The third kappa shape index (κ3) is 2.54. The maximum absolute atomic E-state index is 5.99. The van der Waals surface area contributed by atoms with E-state index < -0.39 is 0 Å². The quantitative estimate of drug-likeness (QED) is 0.733. The largest absolute Gasteiger partial charge is 0.440 e. The molecule has 1 unspecified atom stereocenters. The standard InChI is InChI=1S/C19H20N4O/c1-2-6-17-15(5-1)22-19(24-17)14-4-3-9-23(11-14)18-10-16(13-7-8-13)20-12-21-18/h1-2,5-6,10,12-14H,3-4,7-9,11H2. The second-order valence-electron chi connectivity index (χ2n) is 6.88. The second-order valence-corrected chi connectivity index (χ2v) is 6.88. The molecule has 24 heavy (non-hydrogen) atoms. The summed E-state index contributed by atoms with van der Waals surface area (Å²) in [6, 6.07) is 10.2. The van der Waals surface area contributed by atoms with Crippen LogP contribution in [-0.2, 0) is 0 Å². The van der Waals surface area contributed by atoms with Gasteiger partial charge in [0, 0.05) is 30.8 Å². The summed E-state index contributed by atoms with van der Waals surface area (Å²) in [6.07, 6.45) is 6.49. The summed E-state index contributed by atoms with van der Waals surface area (Å²) in [5.74, 6) is 2.89. The molecular formula is C19H20N4O. The zero-order valence-electron chi connectivity index (χ0n) is 13.6. The highest BCUT2D eigenvalue weighted by Crippen LogP contribution is 2.40. The van der Waals surface area contributed by atoms with Gasteiger partial charge in [-0.1, -0.05) is 12.1 Å². The molecular weight excluding hydrogens is 300 g/mol. The first-order chi connectivity index (χ1) is 11.9. The third-order valence-electron chi connectivity index (χ3n) is 5.07. The third-order valence-corrected chi connectivity index (χ3v) is 5.07. The summed E-state index contributed by atoms with van der Waals surface area (Å²) < 4.78 is 5.99.